The molecule has 142 valence electrons. The number of hydrogen-bond donors (Lipinski definition) is 1. The summed E-state index contributed by atoms with van der Waals surface area (Å²) < 4.78 is 6.22. The van der Waals surface area contributed by atoms with Gasteiger partial charge in [0.05, 0.1) is 16.6 Å². The van der Waals surface area contributed by atoms with Crippen molar-refractivity contribution in [1.29, 1.82) is 0 Å². The van der Waals surface area contributed by atoms with Crippen molar-refractivity contribution in [1.82, 2.24) is 10.2 Å². The first-order chi connectivity index (χ1) is 13.4. The molecule has 0 bridgehead atoms. The molecule has 5 nitrogen and oxygen atoms in total. The molecule has 1 aliphatic rings. The Kier molecular flexibility index (Phi) is 6.30. The average molecular weight is 480 g/mol. The van der Waals surface area contributed by atoms with Crippen LogP contribution in [0.5, 0.6) is 5.75 Å². The first kappa shape index (κ1) is 20.3. The van der Waals surface area contributed by atoms with E-state index < -0.39 is 11.9 Å². The summed E-state index contributed by atoms with van der Waals surface area (Å²) >= 11 is 15.7. The van der Waals surface area contributed by atoms with Crippen molar-refractivity contribution in [3.63, 3.8) is 0 Å². The molecule has 8 heteroatoms. The van der Waals surface area contributed by atoms with Gasteiger partial charge in [0, 0.05) is 4.47 Å². The molecular formula is C20H13BrCl2N2O3. The molecule has 0 unspecified atom stereocenters. The number of nitrogens with one attached hydrogen (secondary N) is 1. The van der Waals surface area contributed by atoms with Gasteiger partial charge in [-0.15, -0.1) is 6.42 Å². The lowest BCUT2D eigenvalue weighted by Crippen LogP contribution is -2.30. The van der Waals surface area contributed by atoms with Crippen molar-refractivity contribution in [2.75, 3.05) is 6.61 Å². The molecule has 2 aromatic carbocycles. The molecule has 0 radical (unpaired) electrons. The summed E-state index contributed by atoms with van der Waals surface area (Å²) in [4.78, 5) is 26.0. The van der Waals surface area contributed by atoms with Crippen molar-refractivity contribution >= 4 is 57.1 Å². The van der Waals surface area contributed by atoms with E-state index in [4.69, 9.17) is 34.4 Å². The molecule has 1 fully saturated rings. The van der Waals surface area contributed by atoms with Crippen molar-refractivity contribution in [3.05, 3.63) is 67.7 Å². The van der Waals surface area contributed by atoms with Crippen LogP contribution in [0.2, 0.25) is 10.0 Å². The minimum absolute atomic E-state index is 0.0272. The maximum atomic E-state index is 12.6. The number of rotatable bonds is 5. The van der Waals surface area contributed by atoms with Crippen LogP contribution in [0.1, 0.15) is 11.1 Å². The van der Waals surface area contributed by atoms with Crippen LogP contribution >= 0.6 is 39.1 Å². The van der Waals surface area contributed by atoms with Crippen LogP contribution in [0.15, 0.2) is 46.6 Å². The highest BCUT2D eigenvalue weighted by molar-refractivity contribution is 9.10. The molecule has 0 aromatic heterocycles. The first-order valence-electron chi connectivity index (χ1n) is 8.03. The standard InChI is InChI=1S/C20H13BrCl2N2O3/c1-2-7-28-18-15(22)8-13(9-16(18)23)10-17-19(26)25(20(27)24-17)11-12-3-5-14(21)6-4-12/h1,3-6,8-10H,7,11H2,(H,24,27)/b17-10-. The monoisotopic (exact) mass is 478 g/mol. The third kappa shape index (κ3) is 4.50. The Hall–Kier alpha value is -2.46. The minimum atomic E-state index is -0.495. The number of nitrogens with zero attached hydrogens (tertiary/aromatic N) is 1. The maximum Gasteiger partial charge on any atom is 0.329 e. The number of carbonyl (C=O) groups is 2. The lowest BCUT2D eigenvalue weighted by atomic mass is 10.1. The van der Waals surface area contributed by atoms with Gasteiger partial charge in [-0.3, -0.25) is 9.69 Å². The predicted molar refractivity (Wildman–Crippen MR) is 112 cm³/mol. The van der Waals surface area contributed by atoms with Gasteiger partial charge in [-0.05, 0) is 41.5 Å². The number of amides is 3. The number of carbonyl (C=O) groups excluding carboxylic acids is 2. The van der Waals surface area contributed by atoms with Crippen LogP contribution in [0.25, 0.3) is 6.08 Å². The van der Waals surface area contributed by atoms with E-state index in [-0.39, 0.29) is 34.6 Å². The molecule has 0 spiro atoms. The second-order valence-electron chi connectivity index (χ2n) is 5.81. The predicted octanol–water partition coefficient (Wildman–Crippen LogP) is 4.86. The molecule has 0 aliphatic carbocycles. The zero-order valence-corrected chi connectivity index (χ0v) is 17.4. The van der Waals surface area contributed by atoms with E-state index in [0.29, 0.717) is 5.56 Å². The molecule has 0 atom stereocenters. The van der Waals surface area contributed by atoms with Crippen LogP contribution in [-0.2, 0) is 11.3 Å². The van der Waals surface area contributed by atoms with Crippen LogP contribution < -0.4 is 10.1 Å². The van der Waals surface area contributed by atoms with Gasteiger partial charge >= 0.3 is 6.03 Å². The SMILES string of the molecule is C#CCOc1c(Cl)cc(/C=C2\NC(=O)N(Cc3ccc(Br)cc3)C2=O)cc1Cl. The maximum absolute atomic E-state index is 12.6. The highest BCUT2D eigenvalue weighted by atomic mass is 79.9. The Morgan fingerprint density at radius 1 is 1.18 bits per heavy atom. The Balaban J connectivity index is 1.81. The average Bonchev–Trinajstić information content (AvgIpc) is 2.90. The third-order valence-electron chi connectivity index (χ3n) is 3.85. The molecule has 2 aromatic rings. The fourth-order valence-electron chi connectivity index (χ4n) is 2.57. The van der Waals surface area contributed by atoms with Crippen molar-refractivity contribution in [3.8, 4) is 18.1 Å². The van der Waals surface area contributed by atoms with Gasteiger partial charge in [-0.1, -0.05) is 57.2 Å². The van der Waals surface area contributed by atoms with Gasteiger partial charge < -0.3 is 10.1 Å². The summed E-state index contributed by atoms with van der Waals surface area (Å²) in [6.07, 6.45) is 6.67. The molecule has 1 saturated heterocycles. The Bertz CT molecular complexity index is 990. The van der Waals surface area contributed by atoms with Crippen molar-refractivity contribution in [2.45, 2.75) is 6.54 Å². The fourth-order valence-corrected chi connectivity index (χ4v) is 3.45. The van der Waals surface area contributed by atoms with Gasteiger partial charge in [-0.25, -0.2) is 4.79 Å². The summed E-state index contributed by atoms with van der Waals surface area (Å²) in [5.41, 5.74) is 1.50. The summed E-state index contributed by atoms with van der Waals surface area (Å²) in [7, 11) is 0. The van der Waals surface area contributed by atoms with Crippen LogP contribution in [-0.4, -0.2) is 23.4 Å². The Morgan fingerprint density at radius 3 is 2.43 bits per heavy atom. The summed E-state index contributed by atoms with van der Waals surface area (Å²) in [5, 5.41) is 3.06. The zero-order chi connectivity index (χ0) is 20.3. The highest BCUT2D eigenvalue weighted by Crippen LogP contribution is 2.35. The molecule has 28 heavy (non-hydrogen) atoms. The van der Waals surface area contributed by atoms with E-state index in [1.54, 1.807) is 12.1 Å². The van der Waals surface area contributed by atoms with E-state index in [1.165, 1.54) is 6.08 Å². The van der Waals surface area contributed by atoms with Gasteiger partial charge in [-0.2, -0.15) is 0 Å². The summed E-state index contributed by atoms with van der Waals surface area (Å²) in [6.45, 7) is 0.190. The zero-order valence-electron chi connectivity index (χ0n) is 14.3. The largest absolute Gasteiger partial charge is 0.478 e. The number of imide groups is 1. The quantitative estimate of drug-likeness (QED) is 0.378. The minimum Gasteiger partial charge on any atom is -0.478 e. The lowest BCUT2D eigenvalue weighted by Gasteiger charge is -2.11. The summed E-state index contributed by atoms with van der Waals surface area (Å²) in [5.74, 6) is 2.16. The van der Waals surface area contributed by atoms with Gasteiger partial charge in [0.2, 0.25) is 0 Å². The van der Waals surface area contributed by atoms with E-state index in [1.807, 2.05) is 24.3 Å². The molecule has 1 aliphatic heterocycles. The van der Waals surface area contributed by atoms with Crippen LogP contribution in [0.3, 0.4) is 0 Å². The lowest BCUT2D eigenvalue weighted by molar-refractivity contribution is -0.123. The first-order valence-corrected chi connectivity index (χ1v) is 9.58. The van der Waals surface area contributed by atoms with Crippen LogP contribution in [0.4, 0.5) is 4.79 Å². The molecule has 3 amide bonds. The number of urea groups is 1. The van der Waals surface area contributed by atoms with Crippen molar-refractivity contribution < 1.29 is 14.3 Å². The molecule has 1 N–H and O–H groups in total. The van der Waals surface area contributed by atoms with E-state index in [0.717, 1.165) is 14.9 Å². The van der Waals surface area contributed by atoms with Gasteiger partial charge in [0.25, 0.3) is 5.91 Å². The number of halogens is 3. The topological polar surface area (TPSA) is 58.6 Å². The normalized spacial score (nSPS) is 14.9. The number of ether oxygens (including phenoxy) is 1. The van der Waals surface area contributed by atoms with E-state index >= 15 is 0 Å². The Labute approximate surface area is 180 Å². The van der Waals surface area contributed by atoms with Gasteiger partial charge in [0.15, 0.2) is 5.75 Å². The molecule has 1 heterocycles. The molecule has 0 saturated carbocycles. The van der Waals surface area contributed by atoms with E-state index in [9.17, 15) is 9.59 Å². The summed E-state index contributed by atoms with van der Waals surface area (Å²) in [6, 6.07) is 10.0. The highest BCUT2D eigenvalue weighted by Gasteiger charge is 2.33. The second-order valence-corrected chi connectivity index (χ2v) is 7.54. The van der Waals surface area contributed by atoms with Gasteiger partial charge in [0.1, 0.15) is 12.3 Å². The number of benzene rings is 2. The van der Waals surface area contributed by atoms with E-state index in [2.05, 4.69) is 27.2 Å². The van der Waals surface area contributed by atoms with Crippen molar-refractivity contribution in [2.24, 2.45) is 0 Å². The molecule has 3 rings (SSSR count). The second kappa shape index (κ2) is 8.70. The number of terminal acetylenes is 1. The smallest absolute Gasteiger partial charge is 0.329 e. The fraction of sp³-hybridized carbons (Fsp3) is 0.100. The number of hydrogen-bond acceptors (Lipinski definition) is 3. The van der Waals surface area contributed by atoms with Crippen LogP contribution in [0, 0.1) is 12.3 Å². The third-order valence-corrected chi connectivity index (χ3v) is 4.94. The Morgan fingerprint density at radius 2 is 1.82 bits per heavy atom. The molecular weight excluding hydrogens is 467 g/mol.